The molecule has 13 heavy (non-hydrogen) atoms. The van der Waals surface area contributed by atoms with E-state index in [9.17, 15) is 0 Å². The van der Waals surface area contributed by atoms with Crippen molar-refractivity contribution in [2.75, 3.05) is 11.9 Å². The summed E-state index contributed by atoms with van der Waals surface area (Å²) in [4.78, 5) is 0. The smallest absolute Gasteiger partial charge is 0.0406 e. The number of nitrogens with one attached hydrogen (secondary N) is 1. The maximum atomic E-state index is 3.50. The summed E-state index contributed by atoms with van der Waals surface area (Å²) in [6.07, 6.45) is 0. The molecule has 1 atom stereocenters. The van der Waals surface area contributed by atoms with Crippen molar-refractivity contribution in [3.05, 3.63) is 29.3 Å². The van der Waals surface area contributed by atoms with Crippen LogP contribution in [-0.2, 0) is 0 Å². The highest BCUT2D eigenvalue weighted by molar-refractivity contribution is 5.62. The Morgan fingerprint density at radius 3 is 2.85 bits per heavy atom. The van der Waals surface area contributed by atoms with Gasteiger partial charge in [-0.25, -0.2) is 0 Å². The molecule has 0 aliphatic carbocycles. The minimum absolute atomic E-state index is 0.704. The predicted octanol–water partition coefficient (Wildman–Crippen LogP) is 3.16. The van der Waals surface area contributed by atoms with E-state index in [1.165, 1.54) is 16.8 Å². The molecule has 0 bridgehead atoms. The van der Waals surface area contributed by atoms with Gasteiger partial charge in [0.25, 0.3) is 0 Å². The van der Waals surface area contributed by atoms with Crippen molar-refractivity contribution < 1.29 is 0 Å². The molecule has 1 aliphatic rings. The normalized spacial score (nSPS) is 20.2. The molecule has 0 spiro atoms. The minimum atomic E-state index is 0.704. The summed E-state index contributed by atoms with van der Waals surface area (Å²) in [5, 5.41) is 3.50. The average Bonchev–Trinajstić information content (AvgIpc) is 2.48. The Bertz CT molecular complexity index is 315. The van der Waals surface area contributed by atoms with Gasteiger partial charge < -0.3 is 5.32 Å². The van der Waals surface area contributed by atoms with E-state index in [0.29, 0.717) is 5.92 Å². The molecule has 1 nitrogen and oxygen atoms in total. The number of rotatable bonds is 1. The highest BCUT2D eigenvalue weighted by Crippen LogP contribution is 2.37. The summed E-state index contributed by atoms with van der Waals surface area (Å²) in [7, 11) is 0. The van der Waals surface area contributed by atoms with E-state index in [4.69, 9.17) is 0 Å². The van der Waals surface area contributed by atoms with Crippen molar-refractivity contribution in [3.63, 3.8) is 0 Å². The second-order valence-corrected chi connectivity index (χ2v) is 4.27. The van der Waals surface area contributed by atoms with Gasteiger partial charge in [0.15, 0.2) is 0 Å². The number of anilines is 1. The number of benzene rings is 1. The van der Waals surface area contributed by atoms with E-state index in [1.807, 2.05) is 0 Å². The zero-order chi connectivity index (χ0) is 9.42. The molecule has 70 valence electrons. The monoisotopic (exact) mass is 175 g/mol. The molecule has 0 amide bonds. The standard InChI is InChI=1S/C12H17N/c1-8(2)11-7-13-12-9(3)5-4-6-10(11)12/h4-6,8,11,13H,7H2,1-3H3. The average molecular weight is 175 g/mol. The molecule has 0 radical (unpaired) electrons. The van der Waals surface area contributed by atoms with Crippen molar-refractivity contribution in [1.29, 1.82) is 0 Å². The van der Waals surface area contributed by atoms with Crippen LogP contribution in [-0.4, -0.2) is 6.54 Å². The first-order chi connectivity index (χ1) is 6.20. The number of hydrogen-bond donors (Lipinski definition) is 1. The largest absolute Gasteiger partial charge is 0.384 e. The van der Waals surface area contributed by atoms with E-state index in [-0.39, 0.29) is 0 Å². The predicted molar refractivity (Wildman–Crippen MR) is 57.2 cm³/mol. The van der Waals surface area contributed by atoms with E-state index >= 15 is 0 Å². The molecule has 2 rings (SSSR count). The fourth-order valence-electron chi connectivity index (χ4n) is 2.16. The third-order valence-electron chi connectivity index (χ3n) is 3.01. The van der Waals surface area contributed by atoms with Crippen molar-refractivity contribution in [2.45, 2.75) is 26.7 Å². The summed E-state index contributed by atoms with van der Waals surface area (Å²) < 4.78 is 0. The van der Waals surface area contributed by atoms with E-state index in [0.717, 1.165) is 12.5 Å². The fraction of sp³-hybridized carbons (Fsp3) is 0.500. The topological polar surface area (TPSA) is 12.0 Å². The van der Waals surface area contributed by atoms with E-state index in [2.05, 4.69) is 44.3 Å². The molecular weight excluding hydrogens is 158 g/mol. The van der Waals surface area contributed by atoms with Crippen LogP contribution < -0.4 is 5.32 Å². The number of aryl methyl sites for hydroxylation is 1. The fourth-order valence-corrected chi connectivity index (χ4v) is 2.16. The maximum Gasteiger partial charge on any atom is 0.0406 e. The summed E-state index contributed by atoms with van der Waals surface area (Å²) >= 11 is 0. The molecule has 1 N–H and O–H groups in total. The van der Waals surface area contributed by atoms with Gasteiger partial charge in [0.1, 0.15) is 0 Å². The van der Waals surface area contributed by atoms with Gasteiger partial charge in [-0.1, -0.05) is 32.0 Å². The van der Waals surface area contributed by atoms with Crippen LogP contribution in [0.3, 0.4) is 0 Å². The summed E-state index contributed by atoms with van der Waals surface area (Å²) in [5.41, 5.74) is 4.26. The van der Waals surface area contributed by atoms with Crippen LogP contribution in [0.4, 0.5) is 5.69 Å². The van der Waals surface area contributed by atoms with Crippen LogP contribution in [0.5, 0.6) is 0 Å². The highest BCUT2D eigenvalue weighted by Gasteiger charge is 2.25. The van der Waals surface area contributed by atoms with Gasteiger partial charge in [0.2, 0.25) is 0 Å². The van der Waals surface area contributed by atoms with Gasteiger partial charge in [-0.2, -0.15) is 0 Å². The van der Waals surface area contributed by atoms with Gasteiger partial charge in [-0.3, -0.25) is 0 Å². The van der Waals surface area contributed by atoms with Crippen molar-refractivity contribution in [1.82, 2.24) is 0 Å². The van der Waals surface area contributed by atoms with Gasteiger partial charge in [0, 0.05) is 18.2 Å². The first kappa shape index (κ1) is 8.61. The van der Waals surface area contributed by atoms with Crippen molar-refractivity contribution in [3.8, 4) is 0 Å². The lowest BCUT2D eigenvalue weighted by atomic mass is 9.90. The zero-order valence-corrected chi connectivity index (χ0v) is 8.59. The SMILES string of the molecule is Cc1cccc2c1NCC2C(C)C. The second-order valence-electron chi connectivity index (χ2n) is 4.27. The molecule has 1 heterocycles. The van der Waals surface area contributed by atoms with E-state index in [1.54, 1.807) is 0 Å². The molecule has 1 unspecified atom stereocenters. The summed E-state index contributed by atoms with van der Waals surface area (Å²) in [5.74, 6) is 1.44. The quantitative estimate of drug-likeness (QED) is 0.691. The van der Waals surface area contributed by atoms with Crippen molar-refractivity contribution >= 4 is 5.69 Å². The molecule has 0 saturated heterocycles. The van der Waals surface area contributed by atoms with Gasteiger partial charge in [0.05, 0.1) is 0 Å². The zero-order valence-electron chi connectivity index (χ0n) is 8.59. The number of para-hydroxylation sites is 1. The van der Waals surface area contributed by atoms with Crippen LogP contribution in [0.15, 0.2) is 18.2 Å². The molecule has 0 fully saturated rings. The lowest BCUT2D eigenvalue weighted by Gasteiger charge is -2.13. The van der Waals surface area contributed by atoms with Gasteiger partial charge in [-0.15, -0.1) is 0 Å². The Morgan fingerprint density at radius 2 is 2.15 bits per heavy atom. The molecule has 0 saturated carbocycles. The highest BCUT2D eigenvalue weighted by atomic mass is 14.9. The van der Waals surface area contributed by atoms with Crippen LogP contribution in [0.2, 0.25) is 0 Å². The number of hydrogen-bond acceptors (Lipinski definition) is 1. The second kappa shape index (κ2) is 3.06. The summed E-state index contributed by atoms with van der Waals surface area (Å²) in [6, 6.07) is 6.60. The van der Waals surface area contributed by atoms with Crippen LogP contribution in [0.25, 0.3) is 0 Å². The first-order valence-corrected chi connectivity index (χ1v) is 5.03. The third-order valence-corrected chi connectivity index (χ3v) is 3.01. The Morgan fingerprint density at radius 1 is 1.38 bits per heavy atom. The minimum Gasteiger partial charge on any atom is -0.384 e. The summed E-state index contributed by atoms with van der Waals surface area (Å²) in [6.45, 7) is 7.87. The van der Waals surface area contributed by atoms with Crippen molar-refractivity contribution in [2.24, 2.45) is 5.92 Å². The Kier molecular flexibility index (Phi) is 2.03. The third kappa shape index (κ3) is 1.32. The molecule has 1 heteroatoms. The van der Waals surface area contributed by atoms with E-state index < -0.39 is 0 Å². The molecular formula is C12H17N. The molecule has 1 aliphatic heterocycles. The first-order valence-electron chi connectivity index (χ1n) is 5.03. The Labute approximate surface area is 80.2 Å². The number of fused-ring (bicyclic) bond motifs is 1. The molecule has 1 aromatic rings. The lowest BCUT2D eigenvalue weighted by molar-refractivity contribution is 0.533. The lowest BCUT2D eigenvalue weighted by Crippen LogP contribution is -2.08. The van der Waals surface area contributed by atoms with Gasteiger partial charge >= 0.3 is 0 Å². The maximum absolute atomic E-state index is 3.50. The Balaban J connectivity index is 2.43. The molecule has 0 aromatic heterocycles. The van der Waals surface area contributed by atoms with Crippen LogP contribution >= 0.6 is 0 Å². The van der Waals surface area contributed by atoms with Crippen LogP contribution in [0.1, 0.15) is 30.9 Å². The molecule has 1 aromatic carbocycles. The van der Waals surface area contributed by atoms with Gasteiger partial charge in [-0.05, 0) is 24.0 Å². The van der Waals surface area contributed by atoms with Crippen LogP contribution in [0, 0.1) is 12.8 Å². The Hall–Kier alpha value is -0.980.